The molecule has 0 unspecified atom stereocenters. The molecule has 0 radical (unpaired) electrons. The third-order valence-corrected chi connectivity index (χ3v) is 7.24. The topological polar surface area (TPSA) is 121 Å². The summed E-state index contributed by atoms with van der Waals surface area (Å²) in [4.78, 5) is 37.6. The number of carbonyl (C=O) groups excluding carboxylic acids is 1. The van der Waals surface area contributed by atoms with Crippen molar-refractivity contribution in [1.82, 2.24) is 19.4 Å². The first kappa shape index (κ1) is 21.3. The summed E-state index contributed by atoms with van der Waals surface area (Å²) in [6, 6.07) is 7.31. The van der Waals surface area contributed by atoms with Crippen molar-refractivity contribution in [3.05, 3.63) is 45.9 Å². The number of anilines is 1. The predicted molar refractivity (Wildman–Crippen MR) is 123 cm³/mol. The molecule has 10 nitrogen and oxygen atoms in total. The van der Waals surface area contributed by atoms with Crippen LogP contribution in [0.3, 0.4) is 0 Å². The van der Waals surface area contributed by atoms with E-state index in [1.807, 2.05) is 16.3 Å². The molecule has 4 aromatic heterocycles. The first-order chi connectivity index (χ1) is 16.0. The summed E-state index contributed by atoms with van der Waals surface area (Å²) in [5, 5.41) is 11.8. The second-order valence-corrected chi connectivity index (χ2v) is 9.17. The number of hydrogen-bond donors (Lipinski definition) is 0. The van der Waals surface area contributed by atoms with Crippen LogP contribution in [0, 0.1) is 11.3 Å². The molecule has 168 valence electrons. The van der Waals surface area contributed by atoms with E-state index in [4.69, 9.17) is 8.83 Å². The summed E-state index contributed by atoms with van der Waals surface area (Å²) in [5.41, 5.74) is 0.737. The summed E-state index contributed by atoms with van der Waals surface area (Å²) in [6.45, 7) is 1.99. The highest BCUT2D eigenvalue weighted by Gasteiger charge is 2.27. The Labute approximate surface area is 196 Å². The van der Waals surface area contributed by atoms with E-state index in [9.17, 15) is 14.9 Å². The minimum Gasteiger partial charge on any atom is -0.459 e. The average Bonchev–Trinajstić information content (AvgIpc) is 3.60. The predicted octanol–water partition coefficient (Wildman–Crippen LogP) is 2.56. The lowest BCUT2D eigenvalue weighted by Gasteiger charge is -2.34. The van der Waals surface area contributed by atoms with Crippen molar-refractivity contribution in [2.75, 3.05) is 36.8 Å². The van der Waals surface area contributed by atoms with Gasteiger partial charge < -0.3 is 18.6 Å². The Balaban J connectivity index is 1.22. The van der Waals surface area contributed by atoms with Gasteiger partial charge in [-0.05, 0) is 23.6 Å². The SMILES string of the molecule is Cn1c(SCC(=O)N2CCN(c3oc(-c4ccco4)nc3C#N)CC2)nc2ccsc2c1=O. The lowest BCUT2D eigenvalue weighted by molar-refractivity contribution is -0.128. The highest BCUT2D eigenvalue weighted by molar-refractivity contribution is 7.99. The van der Waals surface area contributed by atoms with Crippen LogP contribution in [-0.2, 0) is 11.8 Å². The number of furan rings is 1. The number of hydrogen-bond acceptors (Lipinski definition) is 10. The van der Waals surface area contributed by atoms with Crippen LogP contribution in [0.4, 0.5) is 5.88 Å². The van der Waals surface area contributed by atoms with E-state index in [0.717, 1.165) is 0 Å². The smallest absolute Gasteiger partial charge is 0.271 e. The molecule has 0 atom stereocenters. The van der Waals surface area contributed by atoms with Gasteiger partial charge in [0.05, 0.1) is 17.5 Å². The van der Waals surface area contributed by atoms with E-state index in [-0.39, 0.29) is 28.8 Å². The van der Waals surface area contributed by atoms with Crippen LogP contribution in [0.25, 0.3) is 21.9 Å². The molecule has 0 aliphatic carbocycles. The number of thiophene rings is 1. The normalized spacial score (nSPS) is 14.1. The van der Waals surface area contributed by atoms with Gasteiger partial charge in [-0.2, -0.15) is 10.2 Å². The fourth-order valence-electron chi connectivity index (χ4n) is 3.58. The van der Waals surface area contributed by atoms with E-state index in [2.05, 4.69) is 16.0 Å². The van der Waals surface area contributed by atoms with Crippen molar-refractivity contribution < 1.29 is 13.6 Å². The summed E-state index contributed by atoms with van der Waals surface area (Å²) < 4.78 is 13.2. The molecular weight excluding hydrogens is 464 g/mol. The molecule has 5 rings (SSSR count). The van der Waals surface area contributed by atoms with E-state index in [1.54, 1.807) is 24.1 Å². The lowest BCUT2D eigenvalue weighted by Crippen LogP contribution is -2.49. The van der Waals surface area contributed by atoms with Crippen molar-refractivity contribution in [1.29, 1.82) is 5.26 Å². The molecular formula is C21H18N6O4S2. The molecule has 0 N–H and O–H groups in total. The summed E-state index contributed by atoms with van der Waals surface area (Å²) in [5.74, 6) is 1.24. The number of oxazole rings is 1. The molecule has 0 bridgehead atoms. The van der Waals surface area contributed by atoms with Gasteiger partial charge >= 0.3 is 0 Å². The van der Waals surface area contributed by atoms with E-state index in [1.165, 1.54) is 33.9 Å². The van der Waals surface area contributed by atoms with Crippen molar-refractivity contribution in [3.63, 3.8) is 0 Å². The number of aromatic nitrogens is 3. The first-order valence-corrected chi connectivity index (χ1v) is 12.0. The molecule has 33 heavy (non-hydrogen) atoms. The molecule has 1 aliphatic heterocycles. The number of thioether (sulfide) groups is 1. The Kier molecular flexibility index (Phi) is 5.65. The van der Waals surface area contributed by atoms with Gasteiger partial charge in [0.15, 0.2) is 10.9 Å². The Hall–Kier alpha value is -3.56. The van der Waals surface area contributed by atoms with Gasteiger partial charge in [-0.15, -0.1) is 11.3 Å². The molecule has 0 spiro atoms. The molecule has 1 amide bonds. The number of amides is 1. The zero-order valence-corrected chi connectivity index (χ0v) is 19.2. The lowest BCUT2D eigenvalue weighted by atomic mass is 10.3. The quantitative estimate of drug-likeness (QED) is 0.312. The first-order valence-electron chi connectivity index (χ1n) is 10.1. The Morgan fingerprint density at radius 1 is 1.27 bits per heavy atom. The van der Waals surface area contributed by atoms with Crippen LogP contribution < -0.4 is 10.5 Å². The number of carbonyl (C=O) groups is 1. The number of fused-ring (bicyclic) bond motifs is 1. The maximum absolute atomic E-state index is 12.8. The minimum absolute atomic E-state index is 0.0336. The van der Waals surface area contributed by atoms with Gasteiger partial charge in [0.1, 0.15) is 10.8 Å². The highest BCUT2D eigenvalue weighted by atomic mass is 32.2. The molecule has 5 heterocycles. The number of piperazine rings is 1. The maximum atomic E-state index is 12.8. The van der Waals surface area contributed by atoms with Gasteiger partial charge in [0, 0.05) is 33.2 Å². The second kappa shape index (κ2) is 8.76. The van der Waals surface area contributed by atoms with E-state index in [0.29, 0.717) is 53.2 Å². The number of nitrogens with zero attached hydrogens (tertiary/aromatic N) is 6. The fourth-order valence-corrected chi connectivity index (χ4v) is 5.26. The average molecular weight is 483 g/mol. The molecule has 0 saturated carbocycles. The Bertz CT molecular complexity index is 1410. The largest absolute Gasteiger partial charge is 0.459 e. The summed E-state index contributed by atoms with van der Waals surface area (Å²) in [6.07, 6.45) is 1.51. The van der Waals surface area contributed by atoms with Gasteiger partial charge in [0.2, 0.25) is 17.5 Å². The van der Waals surface area contributed by atoms with Gasteiger partial charge in [-0.25, -0.2) is 4.98 Å². The van der Waals surface area contributed by atoms with Gasteiger partial charge in [-0.1, -0.05) is 11.8 Å². The number of nitriles is 1. The van der Waals surface area contributed by atoms with Gasteiger partial charge in [-0.3, -0.25) is 14.2 Å². The van der Waals surface area contributed by atoms with Crippen molar-refractivity contribution in [2.24, 2.45) is 7.05 Å². The number of rotatable bonds is 5. The molecule has 12 heteroatoms. The van der Waals surface area contributed by atoms with E-state index < -0.39 is 0 Å². The summed E-state index contributed by atoms with van der Waals surface area (Å²) in [7, 11) is 1.67. The third-order valence-electron chi connectivity index (χ3n) is 5.34. The van der Waals surface area contributed by atoms with Crippen molar-refractivity contribution in [3.8, 4) is 17.7 Å². The molecule has 0 aromatic carbocycles. The van der Waals surface area contributed by atoms with Crippen LogP contribution in [0.5, 0.6) is 0 Å². The second-order valence-electron chi connectivity index (χ2n) is 7.31. The Morgan fingerprint density at radius 3 is 2.82 bits per heavy atom. The highest BCUT2D eigenvalue weighted by Crippen LogP contribution is 2.29. The monoisotopic (exact) mass is 482 g/mol. The maximum Gasteiger partial charge on any atom is 0.271 e. The standard InChI is InChI=1S/C21H18N6O4S2/c1-25-19(29)17-13(4-10-32-17)24-21(25)33-12-16(28)26-5-7-27(8-6-26)20-14(11-22)23-18(31-20)15-3-2-9-30-15/h2-4,9-10H,5-8,12H2,1H3. The minimum atomic E-state index is -0.104. The fraction of sp³-hybridized carbons (Fsp3) is 0.286. The Morgan fingerprint density at radius 2 is 2.09 bits per heavy atom. The van der Waals surface area contributed by atoms with Crippen LogP contribution in [0.15, 0.2) is 48.6 Å². The van der Waals surface area contributed by atoms with Crippen LogP contribution in [-0.4, -0.2) is 57.3 Å². The zero-order chi connectivity index (χ0) is 22.9. The summed E-state index contributed by atoms with van der Waals surface area (Å²) >= 11 is 2.62. The zero-order valence-electron chi connectivity index (χ0n) is 17.6. The molecule has 4 aromatic rings. The van der Waals surface area contributed by atoms with Crippen LogP contribution in [0.2, 0.25) is 0 Å². The van der Waals surface area contributed by atoms with Crippen LogP contribution in [0.1, 0.15) is 5.69 Å². The van der Waals surface area contributed by atoms with E-state index >= 15 is 0 Å². The molecule has 1 saturated heterocycles. The molecule has 1 fully saturated rings. The third kappa shape index (κ3) is 4.01. The van der Waals surface area contributed by atoms with Crippen molar-refractivity contribution in [2.45, 2.75) is 5.16 Å². The van der Waals surface area contributed by atoms with Gasteiger partial charge in [0.25, 0.3) is 11.4 Å². The van der Waals surface area contributed by atoms with Crippen LogP contribution >= 0.6 is 23.1 Å². The van der Waals surface area contributed by atoms with Crippen molar-refractivity contribution >= 4 is 45.1 Å². The molecule has 1 aliphatic rings.